The van der Waals surface area contributed by atoms with Gasteiger partial charge in [0.25, 0.3) is 0 Å². The Balaban J connectivity index is 0.00000220. The summed E-state index contributed by atoms with van der Waals surface area (Å²) < 4.78 is 16.1. The van der Waals surface area contributed by atoms with Crippen molar-refractivity contribution in [3.05, 3.63) is 29.2 Å². The summed E-state index contributed by atoms with van der Waals surface area (Å²) >= 11 is 0. The van der Waals surface area contributed by atoms with E-state index in [0.29, 0.717) is 6.54 Å². The van der Waals surface area contributed by atoms with E-state index >= 15 is 0 Å². The maximum Gasteiger partial charge on any atom is 0.127 e. The monoisotopic (exact) mass is 315 g/mol. The van der Waals surface area contributed by atoms with Crippen molar-refractivity contribution in [1.29, 1.82) is 0 Å². The number of aromatic nitrogens is 4. The van der Waals surface area contributed by atoms with Gasteiger partial charge in [0, 0.05) is 30.4 Å². The number of rotatable bonds is 7. The molecule has 0 saturated carbocycles. The van der Waals surface area contributed by atoms with Crippen LogP contribution in [-0.4, -0.2) is 26.2 Å². The summed E-state index contributed by atoms with van der Waals surface area (Å²) in [5, 5.41) is 12.0. The molecule has 0 saturated heterocycles. The number of anilines is 1. The van der Waals surface area contributed by atoms with Crippen LogP contribution in [0.4, 0.5) is 10.2 Å². The fourth-order valence-corrected chi connectivity index (χ4v) is 2.21. The first-order valence-corrected chi connectivity index (χ1v) is 7.00. The molecular weight excluding hydrogens is 293 g/mol. The molecule has 0 bridgehead atoms. The van der Waals surface area contributed by atoms with Crippen molar-refractivity contribution in [2.45, 2.75) is 46.8 Å². The van der Waals surface area contributed by atoms with Crippen LogP contribution >= 0.6 is 12.4 Å². The molecule has 0 fully saturated rings. The predicted octanol–water partition coefficient (Wildman–Crippen LogP) is 3.11. The Bertz CT molecular complexity index is 564. The van der Waals surface area contributed by atoms with Crippen LogP contribution in [0.15, 0.2) is 12.4 Å². The zero-order valence-corrected chi connectivity index (χ0v) is 13.6. The van der Waals surface area contributed by atoms with E-state index in [-0.39, 0.29) is 19.0 Å². The van der Waals surface area contributed by atoms with Gasteiger partial charge in [0.2, 0.25) is 0 Å². The number of hydrogen-bond donors (Lipinski definition) is 1. The van der Waals surface area contributed by atoms with Crippen LogP contribution < -0.4 is 5.32 Å². The van der Waals surface area contributed by atoms with Crippen LogP contribution in [0.1, 0.15) is 30.2 Å². The van der Waals surface area contributed by atoms with Crippen molar-refractivity contribution in [3.63, 3.8) is 0 Å². The Morgan fingerprint density at radius 3 is 2.71 bits per heavy atom. The van der Waals surface area contributed by atoms with Crippen LogP contribution in [0.2, 0.25) is 0 Å². The maximum absolute atomic E-state index is 12.5. The predicted molar refractivity (Wildman–Crippen MR) is 84.8 cm³/mol. The number of alkyl halides is 1. The third-order valence-corrected chi connectivity index (χ3v) is 3.27. The molecule has 0 unspecified atom stereocenters. The number of nitrogens with zero attached hydrogens (tertiary/aromatic N) is 4. The van der Waals surface area contributed by atoms with Gasteiger partial charge >= 0.3 is 0 Å². The molecule has 7 heteroatoms. The highest BCUT2D eigenvalue weighted by Gasteiger charge is 2.09. The van der Waals surface area contributed by atoms with Gasteiger partial charge in [-0.2, -0.15) is 10.2 Å². The van der Waals surface area contributed by atoms with Gasteiger partial charge in [0.05, 0.1) is 18.4 Å². The first-order valence-electron chi connectivity index (χ1n) is 7.00. The molecule has 118 valence electrons. The van der Waals surface area contributed by atoms with Gasteiger partial charge in [0.15, 0.2) is 0 Å². The lowest BCUT2D eigenvalue weighted by molar-refractivity contribution is 0.429. The van der Waals surface area contributed by atoms with E-state index in [1.165, 1.54) is 0 Å². The highest BCUT2D eigenvalue weighted by atomic mass is 35.5. The van der Waals surface area contributed by atoms with Crippen LogP contribution in [0, 0.1) is 13.8 Å². The zero-order valence-electron chi connectivity index (χ0n) is 12.8. The highest BCUT2D eigenvalue weighted by Crippen LogP contribution is 2.16. The molecule has 0 radical (unpaired) electrons. The number of nitrogens with one attached hydrogen (secondary N) is 1. The Kier molecular flexibility index (Phi) is 6.68. The fourth-order valence-electron chi connectivity index (χ4n) is 2.21. The Hall–Kier alpha value is -1.56. The van der Waals surface area contributed by atoms with Gasteiger partial charge in [-0.05, 0) is 20.3 Å². The van der Waals surface area contributed by atoms with E-state index in [1.54, 1.807) is 10.9 Å². The van der Waals surface area contributed by atoms with Crippen molar-refractivity contribution in [2.75, 3.05) is 12.0 Å². The second-order valence-corrected chi connectivity index (χ2v) is 4.94. The molecule has 0 aliphatic heterocycles. The summed E-state index contributed by atoms with van der Waals surface area (Å²) in [5.74, 6) is 0.880. The van der Waals surface area contributed by atoms with E-state index in [2.05, 4.69) is 28.6 Å². The van der Waals surface area contributed by atoms with Crippen molar-refractivity contribution in [2.24, 2.45) is 0 Å². The quantitative estimate of drug-likeness (QED) is 0.854. The molecule has 2 rings (SSSR count). The molecule has 0 atom stereocenters. The minimum Gasteiger partial charge on any atom is -0.366 e. The minimum absolute atomic E-state index is 0. The van der Waals surface area contributed by atoms with Crippen molar-refractivity contribution in [3.8, 4) is 0 Å². The van der Waals surface area contributed by atoms with Crippen molar-refractivity contribution >= 4 is 18.2 Å². The summed E-state index contributed by atoms with van der Waals surface area (Å²) in [7, 11) is 0. The molecule has 2 heterocycles. The molecule has 2 aromatic rings. The summed E-state index contributed by atoms with van der Waals surface area (Å²) in [6.45, 7) is 7.58. The van der Waals surface area contributed by atoms with Gasteiger partial charge in [-0.1, -0.05) is 6.92 Å². The highest BCUT2D eigenvalue weighted by molar-refractivity contribution is 5.85. The SMILES string of the molecule is CCCn1cc(CNc2c(C)cnn2CCF)c(C)n1.Cl. The van der Waals surface area contributed by atoms with Gasteiger partial charge in [-0.15, -0.1) is 12.4 Å². The van der Waals surface area contributed by atoms with Crippen LogP contribution in [0.25, 0.3) is 0 Å². The lowest BCUT2D eigenvalue weighted by Crippen LogP contribution is -2.10. The molecule has 21 heavy (non-hydrogen) atoms. The van der Waals surface area contributed by atoms with Crippen molar-refractivity contribution in [1.82, 2.24) is 19.6 Å². The lowest BCUT2D eigenvalue weighted by Gasteiger charge is -2.09. The van der Waals surface area contributed by atoms with E-state index in [0.717, 1.165) is 35.6 Å². The summed E-state index contributed by atoms with van der Waals surface area (Å²) in [4.78, 5) is 0. The largest absolute Gasteiger partial charge is 0.366 e. The Labute approximate surface area is 130 Å². The summed E-state index contributed by atoms with van der Waals surface area (Å²) in [6, 6.07) is 0. The molecule has 0 aromatic carbocycles. The second kappa shape index (κ2) is 8.02. The molecule has 0 amide bonds. The van der Waals surface area contributed by atoms with Gasteiger partial charge in [-0.25, -0.2) is 9.07 Å². The topological polar surface area (TPSA) is 47.7 Å². The van der Waals surface area contributed by atoms with Crippen LogP contribution in [0.5, 0.6) is 0 Å². The van der Waals surface area contributed by atoms with E-state index < -0.39 is 6.67 Å². The minimum atomic E-state index is -0.413. The molecule has 0 spiro atoms. The van der Waals surface area contributed by atoms with E-state index in [4.69, 9.17) is 0 Å². The van der Waals surface area contributed by atoms with E-state index in [9.17, 15) is 4.39 Å². The van der Waals surface area contributed by atoms with E-state index in [1.807, 2.05) is 18.5 Å². The Morgan fingerprint density at radius 1 is 1.29 bits per heavy atom. The van der Waals surface area contributed by atoms with Gasteiger partial charge in [0.1, 0.15) is 12.5 Å². The van der Waals surface area contributed by atoms with Crippen molar-refractivity contribution < 1.29 is 4.39 Å². The fraction of sp³-hybridized carbons (Fsp3) is 0.571. The first-order chi connectivity index (χ1) is 9.65. The lowest BCUT2D eigenvalue weighted by atomic mass is 10.2. The molecule has 0 aliphatic carbocycles. The van der Waals surface area contributed by atoms with Crippen LogP contribution in [0.3, 0.4) is 0 Å². The van der Waals surface area contributed by atoms with Gasteiger partial charge in [-0.3, -0.25) is 4.68 Å². The molecular formula is C14H23ClFN5. The Morgan fingerprint density at radius 2 is 2.05 bits per heavy atom. The standard InChI is InChI=1S/C14H22FN5.ClH/c1-4-6-19-10-13(12(3)18-19)9-16-14-11(2)8-17-20(14)7-5-15;/h8,10,16H,4-7,9H2,1-3H3;1H. The van der Waals surface area contributed by atoms with Crippen LogP contribution in [-0.2, 0) is 19.6 Å². The average Bonchev–Trinajstić information content (AvgIpc) is 2.93. The molecule has 1 N–H and O–H groups in total. The average molecular weight is 316 g/mol. The third-order valence-electron chi connectivity index (χ3n) is 3.27. The molecule has 2 aromatic heterocycles. The number of halogens is 2. The second-order valence-electron chi connectivity index (χ2n) is 4.94. The normalized spacial score (nSPS) is 10.5. The third kappa shape index (κ3) is 4.20. The summed E-state index contributed by atoms with van der Waals surface area (Å²) in [5.41, 5.74) is 3.21. The smallest absolute Gasteiger partial charge is 0.127 e. The number of aryl methyl sites for hydroxylation is 4. The maximum atomic E-state index is 12.5. The first kappa shape index (κ1) is 17.5. The molecule has 0 aliphatic rings. The summed E-state index contributed by atoms with van der Waals surface area (Å²) in [6.07, 6.45) is 4.89. The zero-order chi connectivity index (χ0) is 14.5. The molecule has 5 nitrogen and oxygen atoms in total. The van der Waals surface area contributed by atoms with Gasteiger partial charge < -0.3 is 5.32 Å². The number of hydrogen-bond acceptors (Lipinski definition) is 3.